The summed E-state index contributed by atoms with van der Waals surface area (Å²) >= 11 is 0. The van der Waals surface area contributed by atoms with Gasteiger partial charge >= 0.3 is 0 Å². The Bertz CT molecular complexity index is 678. The molecule has 1 aliphatic rings. The average molecular weight is 288 g/mol. The SMILES string of the molecule is CC(C)=CC[C@H](O)c1cc(O)c2c(c1O)C(=O)C=CC2=O. The smallest absolute Gasteiger partial charge is 0.190 e. The fourth-order valence-electron chi connectivity index (χ4n) is 2.21. The number of phenols is 2. The van der Waals surface area contributed by atoms with Crippen LogP contribution in [0.15, 0.2) is 29.9 Å². The molecule has 21 heavy (non-hydrogen) atoms. The van der Waals surface area contributed by atoms with E-state index in [9.17, 15) is 24.9 Å². The Morgan fingerprint density at radius 2 is 1.71 bits per heavy atom. The van der Waals surface area contributed by atoms with E-state index in [-0.39, 0.29) is 23.1 Å². The van der Waals surface area contributed by atoms with E-state index in [2.05, 4.69) is 0 Å². The minimum atomic E-state index is -1.08. The first-order valence-electron chi connectivity index (χ1n) is 6.50. The first kappa shape index (κ1) is 15.0. The summed E-state index contributed by atoms with van der Waals surface area (Å²) in [7, 11) is 0. The van der Waals surface area contributed by atoms with Crippen LogP contribution in [-0.2, 0) is 0 Å². The van der Waals surface area contributed by atoms with Gasteiger partial charge in [0.15, 0.2) is 11.6 Å². The zero-order valence-electron chi connectivity index (χ0n) is 11.8. The highest BCUT2D eigenvalue weighted by atomic mass is 16.3. The second-order valence-corrected chi connectivity index (χ2v) is 5.18. The van der Waals surface area contributed by atoms with Gasteiger partial charge in [-0.25, -0.2) is 0 Å². The molecule has 0 fully saturated rings. The second kappa shape index (κ2) is 5.54. The summed E-state index contributed by atoms with van der Waals surface area (Å²) in [4.78, 5) is 23.6. The fourth-order valence-corrected chi connectivity index (χ4v) is 2.21. The number of fused-ring (bicyclic) bond motifs is 1. The van der Waals surface area contributed by atoms with Crippen LogP contribution in [0.1, 0.15) is 52.7 Å². The molecule has 0 heterocycles. The quantitative estimate of drug-likeness (QED) is 0.586. The Morgan fingerprint density at radius 3 is 2.29 bits per heavy atom. The van der Waals surface area contributed by atoms with Crippen LogP contribution in [0.25, 0.3) is 0 Å². The predicted octanol–water partition coefficient (Wildman–Crippen LogP) is 2.42. The number of rotatable bonds is 3. The average Bonchev–Trinajstić information content (AvgIpc) is 2.42. The molecule has 0 bridgehead atoms. The summed E-state index contributed by atoms with van der Waals surface area (Å²) in [5.74, 6) is -2.01. The molecule has 1 aromatic carbocycles. The van der Waals surface area contributed by atoms with Crippen molar-refractivity contribution in [2.75, 3.05) is 0 Å². The Kier molecular flexibility index (Phi) is 3.95. The molecule has 3 N–H and O–H groups in total. The number of hydrogen-bond donors (Lipinski definition) is 3. The normalized spacial score (nSPS) is 14.8. The van der Waals surface area contributed by atoms with Crippen LogP contribution in [0.3, 0.4) is 0 Å². The molecular weight excluding hydrogens is 272 g/mol. The highest BCUT2D eigenvalue weighted by Crippen LogP contribution is 2.39. The van der Waals surface area contributed by atoms with E-state index >= 15 is 0 Å². The molecule has 1 aromatic rings. The van der Waals surface area contributed by atoms with Crippen LogP contribution in [0, 0.1) is 0 Å². The summed E-state index contributed by atoms with van der Waals surface area (Å²) in [6.45, 7) is 3.73. The molecule has 0 radical (unpaired) electrons. The van der Waals surface area contributed by atoms with Crippen LogP contribution in [-0.4, -0.2) is 26.9 Å². The molecule has 5 nitrogen and oxygen atoms in total. The van der Waals surface area contributed by atoms with Gasteiger partial charge in [0.05, 0.1) is 17.2 Å². The Morgan fingerprint density at radius 1 is 1.14 bits per heavy atom. The third-order valence-electron chi connectivity index (χ3n) is 3.30. The van der Waals surface area contributed by atoms with Crippen molar-refractivity contribution in [1.29, 1.82) is 0 Å². The number of benzene rings is 1. The zero-order valence-corrected chi connectivity index (χ0v) is 11.8. The maximum absolute atomic E-state index is 11.8. The van der Waals surface area contributed by atoms with Gasteiger partial charge in [-0.2, -0.15) is 0 Å². The minimum Gasteiger partial charge on any atom is -0.507 e. The summed E-state index contributed by atoms with van der Waals surface area (Å²) in [6, 6.07) is 1.13. The molecule has 5 heteroatoms. The van der Waals surface area contributed by atoms with Gasteiger partial charge in [-0.15, -0.1) is 0 Å². The van der Waals surface area contributed by atoms with Crippen molar-refractivity contribution >= 4 is 11.6 Å². The largest absolute Gasteiger partial charge is 0.507 e. The lowest BCUT2D eigenvalue weighted by atomic mass is 9.89. The molecule has 0 saturated heterocycles. The molecule has 1 atom stereocenters. The van der Waals surface area contributed by atoms with E-state index in [4.69, 9.17) is 0 Å². The molecule has 0 saturated carbocycles. The summed E-state index contributed by atoms with van der Waals surface area (Å²) < 4.78 is 0. The maximum Gasteiger partial charge on any atom is 0.190 e. The molecule has 0 unspecified atom stereocenters. The zero-order chi connectivity index (χ0) is 15.7. The lowest BCUT2D eigenvalue weighted by Gasteiger charge is -2.18. The molecule has 0 amide bonds. The predicted molar refractivity (Wildman–Crippen MR) is 76.6 cm³/mol. The minimum absolute atomic E-state index is 0.0280. The lowest BCUT2D eigenvalue weighted by Crippen LogP contribution is -2.14. The van der Waals surface area contributed by atoms with E-state index in [1.165, 1.54) is 0 Å². The topological polar surface area (TPSA) is 94.8 Å². The van der Waals surface area contributed by atoms with E-state index < -0.39 is 29.2 Å². The van der Waals surface area contributed by atoms with Gasteiger partial charge in [-0.3, -0.25) is 9.59 Å². The third kappa shape index (κ3) is 2.73. The number of aliphatic hydroxyl groups excluding tert-OH is 1. The molecule has 0 aromatic heterocycles. The number of hydrogen-bond acceptors (Lipinski definition) is 5. The summed E-state index contributed by atoms with van der Waals surface area (Å²) in [6.07, 6.45) is 3.00. The number of ketones is 2. The summed E-state index contributed by atoms with van der Waals surface area (Å²) in [5.41, 5.74) is 0.539. The number of aliphatic hydroxyl groups is 1. The number of carbonyl (C=O) groups is 2. The van der Waals surface area contributed by atoms with Crippen molar-refractivity contribution in [1.82, 2.24) is 0 Å². The highest BCUT2D eigenvalue weighted by Gasteiger charge is 2.29. The van der Waals surface area contributed by atoms with Gasteiger partial charge in [0.25, 0.3) is 0 Å². The van der Waals surface area contributed by atoms with Gasteiger partial charge in [0, 0.05) is 5.56 Å². The fraction of sp³-hybridized carbons (Fsp3) is 0.250. The Balaban J connectivity index is 2.55. The van der Waals surface area contributed by atoms with Gasteiger partial charge < -0.3 is 15.3 Å². The van der Waals surface area contributed by atoms with Crippen molar-refractivity contribution in [3.63, 3.8) is 0 Å². The third-order valence-corrected chi connectivity index (χ3v) is 3.30. The second-order valence-electron chi connectivity index (χ2n) is 5.18. The molecule has 2 rings (SSSR count). The first-order valence-corrected chi connectivity index (χ1v) is 6.50. The van der Waals surface area contributed by atoms with Crippen molar-refractivity contribution in [3.8, 4) is 11.5 Å². The number of carbonyl (C=O) groups excluding carboxylic acids is 2. The van der Waals surface area contributed by atoms with E-state index in [0.717, 1.165) is 23.8 Å². The van der Waals surface area contributed by atoms with Crippen LogP contribution in [0.5, 0.6) is 11.5 Å². The van der Waals surface area contributed by atoms with Crippen molar-refractivity contribution in [3.05, 3.63) is 46.6 Å². The van der Waals surface area contributed by atoms with Crippen molar-refractivity contribution < 1.29 is 24.9 Å². The van der Waals surface area contributed by atoms with Crippen LogP contribution in [0.4, 0.5) is 0 Å². The standard InChI is InChI=1S/C16H16O5/c1-8(2)3-4-10(17)9-7-13(20)14-11(18)5-6-12(19)15(14)16(9)21/h3,5-7,10,17,20-21H,4H2,1-2H3/t10-/m0/s1. The molecule has 0 aliphatic heterocycles. The van der Waals surface area contributed by atoms with Crippen LogP contribution >= 0.6 is 0 Å². The van der Waals surface area contributed by atoms with Gasteiger partial charge in [0.1, 0.15) is 11.5 Å². The summed E-state index contributed by atoms with van der Waals surface area (Å²) in [5, 5.41) is 30.2. The van der Waals surface area contributed by atoms with Gasteiger partial charge in [-0.1, -0.05) is 11.6 Å². The first-order chi connectivity index (χ1) is 9.82. The van der Waals surface area contributed by atoms with Crippen molar-refractivity contribution in [2.24, 2.45) is 0 Å². The Labute approximate surface area is 121 Å². The van der Waals surface area contributed by atoms with E-state index in [0.29, 0.717) is 0 Å². The van der Waals surface area contributed by atoms with Crippen molar-refractivity contribution in [2.45, 2.75) is 26.4 Å². The monoisotopic (exact) mass is 288 g/mol. The highest BCUT2D eigenvalue weighted by molar-refractivity contribution is 6.24. The number of aromatic hydroxyl groups is 2. The number of allylic oxidation sites excluding steroid dienone is 3. The molecule has 110 valence electrons. The lowest BCUT2D eigenvalue weighted by molar-refractivity contribution is 0.0988. The number of phenolic OH excluding ortho intramolecular Hbond substituents is 2. The Hall–Kier alpha value is -2.40. The van der Waals surface area contributed by atoms with Gasteiger partial charge in [-0.05, 0) is 38.5 Å². The van der Waals surface area contributed by atoms with Gasteiger partial charge in [0.2, 0.25) is 0 Å². The molecule has 1 aliphatic carbocycles. The molecular formula is C16H16O5. The van der Waals surface area contributed by atoms with E-state index in [1.54, 1.807) is 6.08 Å². The van der Waals surface area contributed by atoms with Crippen LogP contribution < -0.4 is 0 Å². The maximum atomic E-state index is 11.8. The molecule has 0 spiro atoms. The van der Waals surface area contributed by atoms with E-state index in [1.807, 2.05) is 13.8 Å². The van der Waals surface area contributed by atoms with Crippen LogP contribution in [0.2, 0.25) is 0 Å².